The van der Waals surface area contributed by atoms with Gasteiger partial charge in [0.2, 0.25) is 0 Å². The van der Waals surface area contributed by atoms with E-state index < -0.39 is 0 Å². The summed E-state index contributed by atoms with van der Waals surface area (Å²) in [7, 11) is 0. The summed E-state index contributed by atoms with van der Waals surface area (Å²) in [5, 5.41) is 7.33. The highest BCUT2D eigenvalue weighted by molar-refractivity contribution is 7.80. The van der Waals surface area contributed by atoms with Crippen LogP contribution in [0.15, 0.2) is 24.3 Å². The first-order valence-electron chi connectivity index (χ1n) is 6.94. The van der Waals surface area contributed by atoms with Gasteiger partial charge in [-0.2, -0.15) is 0 Å². The molecule has 0 aliphatic heterocycles. The smallest absolute Gasteiger partial charge is 0.170 e. The van der Waals surface area contributed by atoms with E-state index in [0.29, 0.717) is 6.04 Å². The third kappa shape index (κ3) is 3.98. The lowest BCUT2D eigenvalue weighted by Crippen LogP contribution is -2.41. The number of hydrogen-bond acceptors (Lipinski definition) is 1. The van der Waals surface area contributed by atoms with E-state index in [1.54, 1.807) is 0 Å². The van der Waals surface area contributed by atoms with Crippen LogP contribution in [0.2, 0.25) is 0 Å². The fourth-order valence-corrected chi connectivity index (χ4v) is 2.33. The molecule has 1 aromatic rings. The van der Waals surface area contributed by atoms with Crippen molar-refractivity contribution < 1.29 is 0 Å². The quantitative estimate of drug-likeness (QED) is 0.788. The molecule has 1 saturated carbocycles. The lowest BCUT2D eigenvalue weighted by atomic mass is 9.93. The zero-order valence-corrected chi connectivity index (χ0v) is 11.9. The van der Waals surface area contributed by atoms with Crippen molar-refractivity contribution in [3.8, 4) is 0 Å². The summed E-state index contributed by atoms with van der Waals surface area (Å²) >= 11 is 5.29. The zero-order chi connectivity index (χ0) is 12.8. The molecule has 0 saturated heterocycles. The number of benzene rings is 1. The first-order valence-corrected chi connectivity index (χ1v) is 7.35. The number of thiocarbonyl (C=S) groups is 1. The van der Waals surface area contributed by atoms with Gasteiger partial charge in [0.25, 0.3) is 0 Å². The van der Waals surface area contributed by atoms with Crippen molar-refractivity contribution in [3.63, 3.8) is 0 Å². The molecule has 18 heavy (non-hydrogen) atoms. The zero-order valence-electron chi connectivity index (χ0n) is 11.0. The van der Waals surface area contributed by atoms with Crippen molar-refractivity contribution in [2.75, 3.05) is 5.32 Å². The van der Waals surface area contributed by atoms with Crippen LogP contribution >= 0.6 is 12.2 Å². The highest BCUT2D eigenvalue weighted by Gasteiger charge is 2.17. The van der Waals surface area contributed by atoms with E-state index in [4.69, 9.17) is 12.2 Å². The van der Waals surface area contributed by atoms with Gasteiger partial charge in [0.05, 0.1) is 0 Å². The van der Waals surface area contributed by atoms with Gasteiger partial charge in [0, 0.05) is 11.7 Å². The Balaban J connectivity index is 1.79. The Morgan fingerprint density at radius 2 is 2.00 bits per heavy atom. The highest BCUT2D eigenvalue weighted by Crippen LogP contribution is 2.18. The molecule has 0 atom stereocenters. The molecular weight excluding hydrogens is 240 g/mol. The van der Waals surface area contributed by atoms with E-state index in [-0.39, 0.29) is 0 Å². The number of aryl methyl sites for hydroxylation is 1. The SMILES string of the molecule is CCCCc1ccc(NC(=S)NC2CCC2)cc1. The standard InChI is InChI=1S/C15H22N2S/c1-2-3-5-12-8-10-14(11-9-12)17-15(18)16-13-6-4-7-13/h8-11,13H,2-7H2,1H3,(H2,16,17,18). The predicted octanol–water partition coefficient (Wildman–Crippen LogP) is 3.87. The lowest BCUT2D eigenvalue weighted by Gasteiger charge is -2.27. The van der Waals surface area contributed by atoms with Gasteiger partial charge in [-0.1, -0.05) is 25.5 Å². The molecule has 2 nitrogen and oxygen atoms in total. The van der Waals surface area contributed by atoms with Crippen LogP contribution in [0.5, 0.6) is 0 Å². The topological polar surface area (TPSA) is 24.1 Å². The molecule has 0 spiro atoms. The molecular formula is C15H22N2S. The van der Waals surface area contributed by atoms with E-state index in [0.717, 1.165) is 10.8 Å². The van der Waals surface area contributed by atoms with Gasteiger partial charge in [0.1, 0.15) is 0 Å². The van der Waals surface area contributed by atoms with Crippen LogP contribution in [0.25, 0.3) is 0 Å². The molecule has 1 fully saturated rings. The number of rotatable bonds is 5. The van der Waals surface area contributed by atoms with E-state index >= 15 is 0 Å². The molecule has 1 aliphatic rings. The Morgan fingerprint density at radius 3 is 2.56 bits per heavy atom. The molecule has 0 amide bonds. The average molecular weight is 262 g/mol. The molecule has 2 N–H and O–H groups in total. The Labute approximate surface area is 115 Å². The molecule has 0 heterocycles. The maximum atomic E-state index is 5.29. The largest absolute Gasteiger partial charge is 0.360 e. The molecule has 3 heteroatoms. The van der Waals surface area contributed by atoms with Crippen LogP contribution in [0.3, 0.4) is 0 Å². The minimum Gasteiger partial charge on any atom is -0.360 e. The van der Waals surface area contributed by atoms with Crippen LogP contribution in [0.4, 0.5) is 5.69 Å². The Morgan fingerprint density at radius 1 is 1.28 bits per heavy atom. The number of unbranched alkanes of at least 4 members (excludes halogenated alkanes) is 1. The molecule has 2 rings (SSSR count). The molecule has 98 valence electrons. The van der Waals surface area contributed by atoms with Gasteiger partial charge in [-0.3, -0.25) is 0 Å². The number of anilines is 1. The molecule has 0 unspecified atom stereocenters. The van der Waals surface area contributed by atoms with Gasteiger partial charge in [-0.15, -0.1) is 0 Å². The summed E-state index contributed by atoms with van der Waals surface area (Å²) in [5.74, 6) is 0. The predicted molar refractivity (Wildman–Crippen MR) is 82.0 cm³/mol. The van der Waals surface area contributed by atoms with E-state index in [2.05, 4.69) is 41.8 Å². The van der Waals surface area contributed by atoms with Crippen LogP contribution < -0.4 is 10.6 Å². The van der Waals surface area contributed by atoms with Crippen LogP contribution in [0, 0.1) is 0 Å². The second-order valence-corrected chi connectivity index (χ2v) is 5.44. The Bertz CT molecular complexity index is 382. The van der Waals surface area contributed by atoms with Gasteiger partial charge in [-0.05, 0) is 62.0 Å². The first kappa shape index (κ1) is 13.3. The third-order valence-corrected chi connectivity index (χ3v) is 3.69. The first-order chi connectivity index (χ1) is 8.78. The molecule has 0 radical (unpaired) electrons. The normalized spacial score (nSPS) is 14.9. The minimum absolute atomic E-state index is 0.592. The van der Waals surface area contributed by atoms with Gasteiger partial charge >= 0.3 is 0 Å². The van der Waals surface area contributed by atoms with Gasteiger partial charge < -0.3 is 10.6 Å². The van der Waals surface area contributed by atoms with Crippen molar-refractivity contribution in [2.24, 2.45) is 0 Å². The molecule has 1 aliphatic carbocycles. The maximum Gasteiger partial charge on any atom is 0.170 e. The molecule has 0 bridgehead atoms. The maximum absolute atomic E-state index is 5.29. The molecule has 1 aromatic carbocycles. The van der Waals surface area contributed by atoms with Gasteiger partial charge in [0.15, 0.2) is 5.11 Å². The lowest BCUT2D eigenvalue weighted by molar-refractivity contribution is 0.385. The highest BCUT2D eigenvalue weighted by atomic mass is 32.1. The Kier molecular flexibility index (Phi) is 5.00. The van der Waals surface area contributed by atoms with Crippen molar-refractivity contribution >= 4 is 23.0 Å². The van der Waals surface area contributed by atoms with Crippen molar-refractivity contribution in [1.82, 2.24) is 5.32 Å². The second kappa shape index (κ2) is 6.74. The summed E-state index contributed by atoms with van der Waals surface area (Å²) < 4.78 is 0. The summed E-state index contributed by atoms with van der Waals surface area (Å²) in [5.41, 5.74) is 2.48. The number of nitrogens with one attached hydrogen (secondary N) is 2. The monoisotopic (exact) mass is 262 g/mol. The van der Waals surface area contributed by atoms with Crippen LogP contribution in [0.1, 0.15) is 44.6 Å². The van der Waals surface area contributed by atoms with Crippen LogP contribution in [-0.2, 0) is 6.42 Å². The van der Waals surface area contributed by atoms with E-state index in [9.17, 15) is 0 Å². The second-order valence-electron chi connectivity index (χ2n) is 5.03. The van der Waals surface area contributed by atoms with E-state index in [1.165, 1.54) is 44.1 Å². The van der Waals surface area contributed by atoms with Crippen molar-refractivity contribution in [3.05, 3.63) is 29.8 Å². The summed E-state index contributed by atoms with van der Waals surface area (Å²) in [6.07, 6.45) is 7.49. The van der Waals surface area contributed by atoms with Crippen molar-refractivity contribution in [1.29, 1.82) is 0 Å². The molecule has 0 aromatic heterocycles. The summed E-state index contributed by atoms with van der Waals surface area (Å²) in [6.45, 7) is 2.22. The summed E-state index contributed by atoms with van der Waals surface area (Å²) in [6, 6.07) is 9.18. The minimum atomic E-state index is 0.592. The fraction of sp³-hybridized carbons (Fsp3) is 0.533. The fourth-order valence-electron chi connectivity index (χ4n) is 2.04. The number of hydrogen-bond donors (Lipinski definition) is 2. The van der Waals surface area contributed by atoms with E-state index in [1.807, 2.05) is 0 Å². The summed E-state index contributed by atoms with van der Waals surface area (Å²) in [4.78, 5) is 0. The average Bonchev–Trinajstić information content (AvgIpc) is 2.33. The Hall–Kier alpha value is -1.09. The van der Waals surface area contributed by atoms with Gasteiger partial charge in [-0.25, -0.2) is 0 Å². The third-order valence-electron chi connectivity index (χ3n) is 3.47. The van der Waals surface area contributed by atoms with Crippen molar-refractivity contribution in [2.45, 2.75) is 51.5 Å². The van der Waals surface area contributed by atoms with Crippen LogP contribution in [-0.4, -0.2) is 11.2 Å².